The van der Waals surface area contributed by atoms with Gasteiger partial charge in [0.05, 0.1) is 12.0 Å². The van der Waals surface area contributed by atoms with Gasteiger partial charge in [-0.3, -0.25) is 4.79 Å². The van der Waals surface area contributed by atoms with E-state index in [1.165, 1.54) is 4.68 Å². The lowest BCUT2D eigenvalue weighted by molar-refractivity contribution is -0.145. The minimum absolute atomic E-state index is 0.0248. The third kappa shape index (κ3) is 2.34. The molecule has 0 spiro atoms. The first-order valence-corrected chi connectivity index (χ1v) is 6.99. The van der Waals surface area contributed by atoms with Crippen molar-refractivity contribution in [1.29, 1.82) is 0 Å². The smallest absolute Gasteiger partial charge is 0.360 e. The topological polar surface area (TPSA) is 87.5 Å². The van der Waals surface area contributed by atoms with Crippen LogP contribution in [0.3, 0.4) is 0 Å². The second-order valence-electron chi connectivity index (χ2n) is 4.87. The molecule has 2 aromatic rings. The number of benzene rings is 1. The monoisotopic (exact) mass is 302 g/mol. The van der Waals surface area contributed by atoms with Crippen molar-refractivity contribution in [1.82, 2.24) is 9.78 Å². The number of rotatable bonds is 3. The first kappa shape index (κ1) is 14.2. The van der Waals surface area contributed by atoms with E-state index in [0.717, 1.165) is 0 Å². The number of esters is 2. The van der Waals surface area contributed by atoms with Crippen molar-refractivity contribution < 1.29 is 19.1 Å². The van der Waals surface area contributed by atoms with Crippen LogP contribution in [0.15, 0.2) is 29.1 Å². The molecule has 1 atom stereocenters. The number of carbonyl (C=O) groups is 2. The van der Waals surface area contributed by atoms with Gasteiger partial charge in [-0.1, -0.05) is 18.2 Å². The Balaban J connectivity index is 2.06. The van der Waals surface area contributed by atoms with Gasteiger partial charge in [-0.05, 0) is 13.0 Å². The van der Waals surface area contributed by atoms with Crippen molar-refractivity contribution in [3.63, 3.8) is 0 Å². The highest BCUT2D eigenvalue weighted by Gasteiger charge is 2.31. The van der Waals surface area contributed by atoms with Crippen LogP contribution in [0.2, 0.25) is 0 Å². The predicted molar refractivity (Wildman–Crippen MR) is 76.5 cm³/mol. The molecular formula is C15H14N2O5. The molecule has 2 heterocycles. The van der Waals surface area contributed by atoms with Crippen molar-refractivity contribution in [2.75, 3.05) is 6.61 Å². The van der Waals surface area contributed by atoms with Gasteiger partial charge in [0.1, 0.15) is 0 Å². The van der Waals surface area contributed by atoms with Gasteiger partial charge in [-0.2, -0.15) is 5.10 Å². The van der Waals surface area contributed by atoms with Gasteiger partial charge >= 0.3 is 11.9 Å². The fourth-order valence-electron chi connectivity index (χ4n) is 2.37. The molecule has 1 aliphatic rings. The number of hydrogen-bond donors (Lipinski definition) is 0. The molecule has 0 unspecified atom stereocenters. The largest absolute Gasteiger partial charge is 0.463 e. The summed E-state index contributed by atoms with van der Waals surface area (Å²) in [5, 5.41) is 4.86. The summed E-state index contributed by atoms with van der Waals surface area (Å²) in [5.74, 6) is -1.29. The van der Waals surface area contributed by atoms with Crippen molar-refractivity contribution in [3.05, 3.63) is 40.3 Å². The third-order valence-electron chi connectivity index (χ3n) is 3.50. The highest BCUT2D eigenvalue weighted by molar-refractivity contribution is 6.02. The number of hydrogen-bond acceptors (Lipinski definition) is 6. The summed E-state index contributed by atoms with van der Waals surface area (Å²) in [5.41, 5.74) is -0.244. The van der Waals surface area contributed by atoms with Gasteiger partial charge in [0.2, 0.25) is 6.10 Å². The average Bonchev–Trinajstić information content (AvgIpc) is 2.93. The zero-order chi connectivity index (χ0) is 15.7. The molecule has 1 aromatic heterocycles. The highest BCUT2D eigenvalue weighted by atomic mass is 16.6. The van der Waals surface area contributed by atoms with Crippen LogP contribution in [0.5, 0.6) is 0 Å². The van der Waals surface area contributed by atoms with E-state index < -0.39 is 18.0 Å². The molecule has 114 valence electrons. The summed E-state index contributed by atoms with van der Waals surface area (Å²) < 4.78 is 11.1. The molecule has 22 heavy (non-hydrogen) atoms. The number of aryl methyl sites for hydroxylation is 1. The lowest BCUT2D eigenvalue weighted by atomic mass is 10.1. The van der Waals surface area contributed by atoms with Crippen LogP contribution in [0.25, 0.3) is 10.8 Å². The Labute approximate surface area is 125 Å². The zero-order valence-corrected chi connectivity index (χ0v) is 11.9. The molecule has 1 saturated heterocycles. The van der Waals surface area contributed by atoms with Gasteiger partial charge in [0.15, 0.2) is 5.69 Å². The number of nitrogens with zero attached hydrogens (tertiary/aromatic N) is 2. The Morgan fingerprint density at radius 3 is 2.73 bits per heavy atom. The maximum atomic E-state index is 12.3. The maximum Gasteiger partial charge on any atom is 0.360 e. The summed E-state index contributed by atoms with van der Waals surface area (Å²) in [6, 6.07) is 6.69. The number of carbonyl (C=O) groups excluding carboxylic acids is 2. The summed E-state index contributed by atoms with van der Waals surface area (Å²) in [4.78, 5) is 35.9. The molecule has 0 aliphatic carbocycles. The van der Waals surface area contributed by atoms with E-state index in [0.29, 0.717) is 23.7 Å². The maximum absolute atomic E-state index is 12.3. The zero-order valence-electron chi connectivity index (χ0n) is 11.9. The molecule has 0 bridgehead atoms. The van der Waals surface area contributed by atoms with Crippen LogP contribution in [0.1, 0.15) is 23.8 Å². The van der Waals surface area contributed by atoms with Crippen molar-refractivity contribution in [2.45, 2.75) is 26.0 Å². The predicted octanol–water partition coefficient (Wildman–Crippen LogP) is 0.889. The standard InChI is InChI=1S/C15H14N2O5/c1-2-17-13(18)10-6-4-3-5-9(10)12(16-17)15(20)22-11-7-8-21-14(11)19/h3-6,11H,2,7-8H2,1H3/t11-/m1/s1. The molecular weight excluding hydrogens is 288 g/mol. The van der Waals surface area contributed by atoms with Crippen LogP contribution in [0, 0.1) is 0 Å². The molecule has 0 amide bonds. The molecule has 0 N–H and O–H groups in total. The average molecular weight is 302 g/mol. The Hall–Kier alpha value is -2.70. The number of ether oxygens (including phenoxy) is 2. The molecule has 1 aromatic carbocycles. The van der Waals surface area contributed by atoms with E-state index >= 15 is 0 Å². The lowest BCUT2D eigenvalue weighted by Gasteiger charge is -2.11. The Kier molecular flexibility index (Phi) is 3.62. The summed E-state index contributed by atoms with van der Waals surface area (Å²) in [6.45, 7) is 2.32. The van der Waals surface area contributed by atoms with Crippen molar-refractivity contribution >= 4 is 22.7 Å². The molecule has 0 saturated carbocycles. The normalized spacial score (nSPS) is 17.5. The van der Waals surface area contributed by atoms with Gasteiger partial charge < -0.3 is 9.47 Å². The van der Waals surface area contributed by atoms with Gasteiger partial charge in [0, 0.05) is 18.4 Å². The van der Waals surface area contributed by atoms with Crippen molar-refractivity contribution in [2.24, 2.45) is 0 Å². The van der Waals surface area contributed by atoms with Gasteiger partial charge in [-0.15, -0.1) is 0 Å². The first-order valence-electron chi connectivity index (χ1n) is 6.99. The lowest BCUT2D eigenvalue weighted by Crippen LogP contribution is -2.28. The number of cyclic esters (lactones) is 1. The first-order chi connectivity index (χ1) is 10.6. The second kappa shape index (κ2) is 5.59. The molecule has 3 rings (SSSR count). The third-order valence-corrected chi connectivity index (χ3v) is 3.50. The van der Waals surface area contributed by atoms with E-state index in [1.54, 1.807) is 31.2 Å². The minimum Gasteiger partial charge on any atom is -0.463 e. The minimum atomic E-state index is -0.907. The number of fused-ring (bicyclic) bond motifs is 1. The molecule has 1 fully saturated rings. The molecule has 1 aliphatic heterocycles. The van der Waals surface area contributed by atoms with E-state index in [2.05, 4.69) is 5.10 Å². The second-order valence-corrected chi connectivity index (χ2v) is 4.87. The van der Waals surface area contributed by atoms with Gasteiger partial charge in [0.25, 0.3) is 5.56 Å². The molecule has 7 nitrogen and oxygen atoms in total. The van der Waals surface area contributed by atoms with E-state index in [-0.39, 0.29) is 17.9 Å². The van der Waals surface area contributed by atoms with Crippen LogP contribution in [0.4, 0.5) is 0 Å². The van der Waals surface area contributed by atoms with Crippen LogP contribution in [-0.2, 0) is 20.8 Å². The van der Waals surface area contributed by atoms with Crippen LogP contribution >= 0.6 is 0 Å². The Morgan fingerprint density at radius 1 is 1.36 bits per heavy atom. The summed E-state index contributed by atoms with van der Waals surface area (Å²) in [6.07, 6.45) is -0.578. The van der Waals surface area contributed by atoms with Crippen LogP contribution < -0.4 is 5.56 Å². The fourth-order valence-corrected chi connectivity index (χ4v) is 2.37. The molecule has 7 heteroatoms. The number of aromatic nitrogens is 2. The SMILES string of the molecule is CCn1nc(C(=O)O[C@@H]2CCOC2=O)c2ccccc2c1=O. The fraction of sp³-hybridized carbons (Fsp3) is 0.333. The highest BCUT2D eigenvalue weighted by Crippen LogP contribution is 2.17. The van der Waals surface area contributed by atoms with E-state index in [1.807, 2.05) is 0 Å². The quantitative estimate of drug-likeness (QED) is 0.782. The van der Waals surface area contributed by atoms with Crippen molar-refractivity contribution in [3.8, 4) is 0 Å². The summed E-state index contributed by atoms with van der Waals surface area (Å²) in [7, 11) is 0. The Bertz CT molecular complexity index is 811. The van der Waals surface area contributed by atoms with E-state index in [9.17, 15) is 14.4 Å². The van der Waals surface area contributed by atoms with Gasteiger partial charge in [-0.25, -0.2) is 14.3 Å². The summed E-state index contributed by atoms with van der Waals surface area (Å²) >= 11 is 0. The molecule has 0 radical (unpaired) electrons. The van der Waals surface area contributed by atoms with E-state index in [4.69, 9.17) is 9.47 Å². The van der Waals surface area contributed by atoms with Crippen LogP contribution in [-0.4, -0.2) is 34.4 Å². The Morgan fingerprint density at radius 2 is 2.09 bits per heavy atom.